The molecule has 3 rings (SSSR count). The summed E-state index contributed by atoms with van der Waals surface area (Å²) >= 11 is 0. The van der Waals surface area contributed by atoms with Crippen LogP contribution in [0.2, 0.25) is 0 Å². The molecule has 1 aliphatic rings. The summed E-state index contributed by atoms with van der Waals surface area (Å²) in [5.41, 5.74) is 10.1. The predicted molar refractivity (Wildman–Crippen MR) is 82.0 cm³/mol. The van der Waals surface area contributed by atoms with Gasteiger partial charge in [0.15, 0.2) is 0 Å². The zero-order valence-corrected chi connectivity index (χ0v) is 11.7. The smallest absolute Gasteiger partial charge is 0.269 e. The van der Waals surface area contributed by atoms with E-state index in [9.17, 15) is 10.1 Å². The second-order valence-electron chi connectivity index (χ2n) is 5.65. The van der Waals surface area contributed by atoms with Crippen LogP contribution < -0.4 is 5.73 Å². The largest absolute Gasteiger partial charge is 0.324 e. The Morgan fingerprint density at radius 3 is 2.81 bits per heavy atom. The highest BCUT2D eigenvalue weighted by molar-refractivity contribution is 5.36. The fourth-order valence-corrected chi connectivity index (χ4v) is 3.19. The number of nitrogens with two attached hydrogens (primary N) is 1. The Bertz CT molecular complexity index is 669. The molecule has 108 valence electrons. The first-order valence-electron chi connectivity index (χ1n) is 7.22. The van der Waals surface area contributed by atoms with Crippen molar-refractivity contribution in [2.24, 2.45) is 11.7 Å². The zero-order chi connectivity index (χ0) is 14.8. The van der Waals surface area contributed by atoms with Crippen LogP contribution in [0.5, 0.6) is 0 Å². The number of non-ortho nitro benzene ring substituents is 1. The molecule has 0 radical (unpaired) electrons. The van der Waals surface area contributed by atoms with Gasteiger partial charge in [0.2, 0.25) is 0 Å². The van der Waals surface area contributed by atoms with Gasteiger partial charge in [-0.2, -0.15) is 0 Å². The highest BCUT2D eigenvalue weighted by atomic mass is 16.6. The van der Waals surface area contributed by atoms with E-state index in [1.54, 1.807) is 12.1 Å². The van der Waals surface area contributed by atoms with E-state index in [1.165, 1.54) is 17.2 Å². The van der Waals surface area contributed by atoms with E-state index in [1.807, 2.05) is 18.2 Å². The van der Waals surface area contributed by atoms with Gasteiger partial charge >= 0.3 is 0 Å². The second kappa shape index (κ2) is 5.66. The normalized spacial score (nSPS) is 20.8. The highest BCUT2D eigenvalue weighted by Gasteiger charge is 2.26. The molecular weight excluding hydrogens is 264 g/mol. The van der Waals surface area contributed by atoms with E-state index in [0.29, 0.717) is 5.92 Å². The van der Waals surface area contributed by atoms with Gasteiger partial charge in [-0.05, 0) is 41.9 Å². The number of nitrogens with zero attached hydrogens (tertiary/aromatic N) is 1. The van der Waals surface area contributed by atoms with E-state index in [4.69, 9.17) is 5.73 Å². The van der Waals surface area contributed by atoms with Gasteiger partial charge < -0.3 is 5.73 Å². The van der Waals surface area contributed by atoms with Crippen molar-refractivity contribution in [1.29, 1.82) is 0 Å². The summed E-state index contributed by atoms with van der Waals surface area (Å²) in [5, 5.41) is 10.9. The summed E-state index contributed by atoms with van der Waals surface area (Å²) in [7, 11) is 0. The van der Waals surface area contributed by atoms with Crippen molar-refractivity contribution in [3.05, 3.63) is 75.3 Å². The molecule has 0 aliphatic heterocycles. The van der Waals surface area contributed by atoms with Crippen LogP contribution in [0.1, 0.15) is 29.2 Å². The fraction of sp³-hybridized carbons (Fsp3) is 0.294. The van der Waals surface area contributed by atoms with Gasteiger partial charge in [0.05, 0.1) is 4.92 Å². The first kappa shape index (κ1) is 13.8. The van der Waals surface area contributed by atoms with E-state index < -0.39 is 0 Å². The van der Waals surface area contributed by atoms with Crippen molar-refractivity contribution in [3.63, 3.8) is 0 Å². The minimum Gasteiger partial charge on any atom is -0.324 e. The molecule has 2 unspecified atom stereocenters. The average Bonchev–Trinajstić information content (AvgIpc) is 2.51. The topological polar surface area (TPSA) is 69.2 Å². The third-order valence-electron chi connectivity index (χ3n) is 4.33. The van der Waals surface area contributed by atoms with Crippen molar-refractivity contribution in [2.45, 2.75) is 25.3 Å². The number of rotatable bonds is 3. The SMILES string of the molecule is NC1c2ccccc2CCC1Cc1cccc([N+](=O)[O-])c1. The summed E-state index contributed by atoms with van der Waals surface area (Å²) < 4.78 is 0. The standard InChI is InChI=1S/C17H18N2O2/c18-17-14(9-8-13-5-1-2-7-16(13)17)10-12-4-3-6-15(11-12)19(20)21/h1-7,11,14,17H,8-10,18H2. The minimum atomic E-state index is -0.348. The molecule has 0 fully saturated rings. The van der Waals surface area contributed by atoms with E-state index in [-0.39, 0.29) is 16.7 Å². The first-order valence-corrected chi connectivity index (χ1v) is 7.22. The van der Waals surface area contributed by atoms with Crippen LogP contribution >= 0.6 is 0 Å². The number of hydrogen-bond acceptors (Lipinski definition) is 3. The molecule has 0 saturated heterocycles. The van der Waals surface area contributed by atoms with Gasteiger partial charge in [-0.3, -0.25) is 10.1 Å². The maximum atomic E-state index is 10.9. The Kier molecular flexibility index (Phi) is 3.71. The second-order valence-corrected chi connectivity index (χ2v) is 5.65. The third-order valence-corrected chi connectivity index (χ3v) is 4.33. The van der Waals surface area contributed by atoms with E-state index >= 15 is 0 Å². The number of nitro benzene ring substituents is 1. The van der Waals surface area contributed by atoms with Crippen molar-refractivity contribution in [1.82, 2.24) is 0 Å². The van der Waals surface area contributed by atoms with Crippen LogP contribution in [0.4, 0.5) is 5.69 Å². The molecule has 0 aromatic heterocycles. The Balaban J connectivity index is 1.80. The lowest BCUT2D eigenvalue weighted by Gasteiger charge is -2.31. The Hall–Kier alpha value is -2.20. The quantitative estimate of drug-likeness (QED) is 0.693. The summed E-state index contributed by atoms with van der Waals surface area (Å²) in [6.45, 7) is 0. The zero-order valence-electron chi connectivity index (χ0n) is 11.7. The Morgan fingerprint density at radius 2 is 2.00 bits per heavy atom. The number of hydrogen-bond donors (Lipinski definition) is 1. The molecule has 2 N–H and O–H groups in total. The third kappa shape index (κ3) is 2.81. The van der Waals surface area contributed by atoms with Crippen LogP contribution in [0.3, 0.4) is 0 Å². The summed E-state index contributed by atoms with van der Waals surface area (Å²) in [6.07, 6.45) is 2.85. The maximum absolute atomic E-state index is 10.9. The predicted octanol–water partition coefficient (Wildman–Crippen LogP) is 3.40. The summed E-state index contributed by atoms with van der Waals surface area (Å²) in [5.74, 6) is 0.335. The van der Waals surface area contributed by atoms with Crippen LogP contribution in [0, 0.1) is 16.0 Å². The van der Waals surface area contributed by atoms with Gasteiger partial charge in [-0.15, -0.1) is 0 Å². The molecule has 0 spiro atoms. The molecule has 0 amide bonds. The number of benzene rings is 2. The Morgan fingerprint density at radius 1 is 1.19 bits per heavy atom. The van der Waals surface area contributed by atoms with Crippen LogP contribution in [-0.2, 0) is 12.8 Å². The average molecular weight is 282 g/mol. The lowest BCUT2D eigenvalue weighted by atomic mass is 9.77. The molecule has 0 heterocycles. The molecule has 2 aromatic rings. The molecule has 0 bridgehead atoms. The van der Waals surface area contributed by atoms with Crippen molar-refractivity contribution in [3.8, 4) is 0 Å². The summed E-state index contributed by atoms with van der Waals surface area (Å²) in [6, 6.07) is 15.2. The number of fused-ring (bicyclic) bond motifs is 1. The maximum Gasteiger partial charge on any atom is 0.269 e. The van der Waals surface area contributed by atoms with Crippen molar-refractivity contribution < 1.29 is 4.92 Å². The monoisotopic (exact) mass is 282 g/mol. The molecule has 2 atom stereocenters. The summed E-state index contributed by atoms with van der Waals surface area (Å²) in [4.78, 5) is 10.5. The molecule has 1 aliphatic carbocycles. The van der Waals surface area contributed by atoms with Gasteiger partial charge in [0.1, 0.15) is 0 Å². The molecular formula is C17H18N2O2. The van der Waals surface area contributed by atoms with Crippen LogP contribution in [0.25, 0.3) is 0 Å². The first-order chi connectivity index (χ1) is 10.1. The molecule has 21 heavy (non-hydrogen) atoms. The van der Waals surface area contributed by atoms with Crippen LogP contribution in [0.15, 0.2) is 48.5 Å². The number of aryl methyl sites for hydroxylation is 1. The van der Waals surface area contributed by atoms with Gasteiger partial charge in [-0.25, -0.2) is 0 Å². The molecule has 4 heteroatoms. The van der Waals surface area contributed by atoms with Crippen molar-refractivity contribution in [2.75, 3.05) is 0 Å². The fourth-order valence-electron chi connectivity index (χ4n) is 3.19. The van der Waals surface area contributed by atoms with Gasteiger partial charge in [0.25, 0.3) is 5.69 Å². The lowest BCUT2D eigenvalue weighted by molar-refractivity contribution is -0.384. The van der Waals surface area contributed by atoms with Crippen LogP contribution in [-0.4, -0.2) is 4.92 Å². The Labute approximate surface area is 123 Å². The van der Waals surface area contributed by atoms with Gasteiger partial charge in [0, 0.05) is 18.2 Å². The lowest BCUT2D eigenvalue weighted by Crippen LogP contribution is -2.28. The molecule has 2 aromatic carbocycles. The van der Waals surface area contributed by atoms with E-state index in [2.05, 4.69) is 12.1 Å². The highest BCUT2D eigenvalue weighted by Crippen LogP contribution is 2.34. The molecule has 0 saturated carbocycles. The minimum absolute atomic E-state index is 0.00853. The number of nitro groups is 1. The van der Waals surface area contributed by atoms with Gasteiger partial charge in [-0.1, -0.05) is 36.4 Å². The van der Waals surface area contributed by atoms with E-state index in [0.717, 1.165) is 24.8 Å². The molecule has 4 nitrogen and oxygen atoms in total. The van der Waals surface area contributed by atoms with Crippen molar-refractivity contribution >= 4 is 5.69 Å².